The highest BCUT2D eigenvalue weighted by atomic mass is 16.5. The summed E-state index contributed by atoms with van der Waals surface area (Å²) in [4.78, 5) is 15.9. The van der Waals surface area contributed by atoms with Gasteiger partial charge >= 0.3 is 0 Å². The Morgan fingerprint density at radius 1 is 1.39 bits per heavy atom. The quantitative estimate of drug-likeness (QED) is 0.799. The summed E-state index contributed by atoms with van der Waals surface area (Å²) in [6.45, 7) is 0.878. The van der Waals surface area contributed by atoms with Crippen LogP contribution in [0.5, 0.6) is 11.5 Å². The van der Waals surface area contributed by atoms with Crippen LogP contribution in [0.1, 0.15) is 22.3 Å². The van der Waals surface area contributed by atoms with Crippen LogP contribution in [0.25, 0.3) is 5.57 Å². The zero-order valence-corrected chi connectivity index (χ0v) is 10.1. The zero-order valence-electron chi connectivity index (χ0n) is 10.1. The molecule has 0 N–H and O–H groups in total. The number of Topliss-reactive ketones (excluding diaryl/α,β-unsaturated/α-hetero) is 1. The maximum Gasteiger partial charge on any atom is 0.203 e. The van der Waals surface area contributed by atoms with Crippen LogP contribution in [-0.4, -0.2) is 32.3 Å². The average Bonchev–Trinajstić information content (AvgIpc) is 2.80. The van der Waals surface area contributed by atoms with Crippen LogP contribution in [0.3, 0.4) is 0 Å². The number of fused-ring (bicyclic) bond motifs is 1. The van der Waals surface area contributed by atoms with Gasteiger partial charge in [0, 0.05) is 12.8 Å². The van der Waals surface area contributed by atoms with Crippen molar-refractivity contribution in [1.29, 1.82) is 0 Å². The van der Waals surface area contributed by atoms with Gasteiger partial charge in [-0.2, -0.15) is 0 Å². The summed E-state index contributed by atoms with van der Waals surface area (Å²) < 4.78 is 10.9. The first-order chi connectivity index (χ1) is 8.81. The van der Waals surface area contributed by atoms with Crippen molar-refractivity contribution < 1.29 is 14.3 Å². The van der Waals surface area contributed by atoms with E-state index in [9.17, 15) is 4.79 Å². The molecule has 0 saturated heterocycles. The number of aliphatic imine (C=N–C) groups is 1. The third kappa shape index (κ3) is 1.61. The van der Waals surface area contributed by atoms with Gasteiger partial charge in [0.2, 0.25) is 5.78 Å². The molecule has 0 aliphatic carbocycles. The molecule has 0 bridgehead atoms. The third-order valence-electron chi connectivity index (χ3n) is 3.20. The van der Waals surface area contributed by atoms with Crippen LogP contribution in [0.4, 0.5) is 0 Å². The summed E-state index contributed by atoms with van der Waals surface area (Å²) in [7, 11) is 1.62. The minimum Gasteiger partial charge on any atom is -0.496 e. The summed E-state index contributed by atoms with van der Waals surface area (Å²) in [5.74, 6) is 1.42. The SMILES string of the molecule is COc1ccc2c(c1C1=CC=NCC1)OCC2=O. The van der Waals surface area contributed by atoms with E-state index in [4.69, 9.17) is 9.47 Å². The lowest BCUT2D eigenvalue weighted by atomic mass is 9.96. The number of ether oxygens (including phenoxy) is 2. The second-order valence-corrected chi connectivity index (χ2v) is 4.23. The topological polar surface area (TPSA) is 47.9 Å². The third-order valence-corrected chi connectivity index (χ3v) is 3.20. The number of rotatable bonds is 2. The zero-order chi connectivity index (χ0) is 12.5. The van der Waals surface area contributed by atoms with E-state index in [0.29, 0.717) is 11.3 Å². The Hall–Kier alpha value is -2.10. The first-order valence-electron chi connectivity index (χ1n) is 5.87. The molecule has 0 unspecified atom stereocenters. The molecule has 92 valence electrons. The van der Waals surface area contributed by atoms with E-state index in [1.165, 1.54) is 0 Å². The number of carbonyl (C=O) groups excluding carboxylic acids is 1. The Bertz CT molecular complexity index is 573. The molecule has 0 radical (unpaired) electrons. The van der Waals surface area contributed by atoms with Crippen molar-refractivity contribution in [1.82, 2.24) is 0 Å². The molecule has 0 saturated carbocycles. The molecule has 2 aliphatic heterocycles. The number of hydrogen-bond donors (Lipinski definition) is 0. The molecule has 0 fully saturated rings. The van der Waals surface area contributed by atoms with Crippen LogP contribution in [0, 0.1) is 0 Å². The smallest absolute Gasteiger partial charge is 0.203 e. The van der Waals surface area contributed by atoms with Crippen LogP contribution >= 0.6 is 0 Å². The van der Waals surface area contributed by atoms with Crippen LogP contribution < -0.4 is 9.47 Å². The van der Waals surface area contributed by atoms with Crippen LogP contribution in [0.2, 0.25) is 0 Å². The van der Waals surface area contributed by atoms with E-state index in [-0.39, 0.29) is 12.4 Å². The summed E-state index contributed by atoms with van der Waals surface area (Å²) >= 11 is 0. The fraction of sp³-hybridized carbons (Fsp3) is 0.286. The van der Waals surface area contributed by atoms with Crippen molar-refractivity contribution in [3.8, 4) is 11.5 Å². The number of carbonyl (C=O) groups is 1. The van der Waals surface area contributed by atoms with Gasteiger partial charge in [-0.3, -0.25) is 9.79 Å². The van der Waals surface area contributed by atoms with Crippen molar-refractivity contribution in [2.75, 3.05) is 20.3 Å². The summed E-state index contributed by atoms with van der Waals surface area (Å²) in [6, 6.07) is 3.60. The number of nitrogens with zero attached hydrogens (tertiary/aromatic N) is 1. The molecular formula is C14H13NO3. The minimum absolute atomic E-state index is 0.0268. The van der Waals surface area contributed by atoms with Crippen molar-refractivity contribution in [3.05, 3.63) is 29.3 Å². The standard InChI is InChI=1S/C14H13NO3/c1-17-12-3-2-10-11(16)8-18-14(10)13(12)9-4-6-15-7-5-9/h2-4,6H,5,7-8H2,1H3. The summed E-state index contributed by atoms with van der Waals surface area (Å²) in [6.07, 6.45) is 4.57. The highest BCUT2D eigenvalue weighted by molar-refractivity contribution is 6.05. The van der Waals surface area contributed by atoms with E-state index in [0.717, 1.165) is 29.9 Å². The molecule has 0 spiro atoms. The largest absolute Gasteiger partial charge is 0.496 e. The number of dihydropyridines is 1. The fourth-order valence-corrected chi connectivity index (χ4v) is 2.32. The van der Waals surface area contributed by atoms with Crippen LogP contribution in [0.15, 0.2) is 23.2 Å². The first kappa shape index (κ1) is 11.0. The number of methoxy groups -OCH3 is 1. The minimum atomic E-state index is 0.0268. The molecule has 0 amide bonds. The van der Waals surface area contributed by atoms with E-state index >= 15 is 0 Å². The molecule has 18 heavy (non-hydrogen) atoms. The van der Waals surface area contributed by atoms with Gasteiger partial charge in [-0.1, -0.05) is 0 Å². The van der Waals surface area contributed by atoms with Gasteiger partial charge in [-0.15, -0.1) is 0 Å². The Balaban J connectivity index is 2.20. The molecule has 4 nitrogen and oxygen atoms in total. The Kier molecular flexibility index (Phi) is 2.63. The highest BCUT2D eigenvalue weighted by Gasteiger charge is 2.28. The van der Waals surface area contributed by atoms with Crippen molar-refractivity contribution in [2.45, 2.75) is 6.42 Å². The number of allylic oxidation sites excluding steroid dienone is 1. The van der Waals surface area contributed by atoms with Crippen molar-refractivity contribution >= 4 is 17.6 Å². The van der Waals surface area contributed by atoms with Gasteiger partial charge in [0.1, 0.15) is 11.5 Å². The predicted octanol–water partition coefficient (Wildman–Crippen LogP) is 2.13. The van der Waals surface area contributed by atoms with E-state index in [2.05, 4.69) is 4.99 Å². The normalized spacial score (nSPS) is 17.2. The lowest BCUT2D eigenvalue weighted by Gasteiger charge is -2.16. The Labute approximate surface area is 105 Å². The van der Waals surface area contributed by atoms with Gasteiger partial charge in [0.05, 0.1) is 18.2 Å². The number of benzene rings is 1. The molecule has 1 aromatic rings. The van der Waals surface area contributed by atoms with Gasteiger partial charge in [0.25, 0.3) is 0 Å². The van der Waals surface area contributed by atoms with Crippen LogP contribution in [-0.2, 0) is 0 Å². The van der Waals surface area contributed by atoms with Gasteiger partial charge in [0.15, 0.2) is 6.61 Å². The predicted molar refractivity (Wildman–Crippen MR) is 68.8 cm³/mol. The maximum atomic E-state index is 11.7. The second kappa shape index (κ2) is 4.29. The van der Waals surface area contributed by atoms with Crippen molar-refractivity contribution in [3.63, 3.8) is 0 Å². The van der Waals surface area contributed by atoms with Gasteiger partial charge in [-0.05, 0) is 30.2 Å². The molecule has 2 aliphatic rings. The Morgan fingerprint density at radius 3 is 3.00 bits per heavy atom. The lowest BCUT2D eigenvalue weighted by Crippen LogP contribution is -2.00. The van der Waals surface area contributed by atoms with E-state index < -0.39 is 0 Å². The van der Waals surface area contributed by atoms with Gasteiger partial charge < -0.3 is 9.47 Å². The molecule has 3 rings (SSSR count). The number of hydrogen-bond acceptors (Lipinski definition) is 4. The molecule has 2 heterocycles. The first-order valence-corrected chi connectivity index (χ1v) is 5.87. The lowest BCUT2D eigenvalue weighted by molar-refractivity contribution is 0.0961. The second-order valence-electron chi connectivity index (χ2n) is 4.23. The molecule has 1 aromatic carbocycles. The number of ketones is 1. The molecule has 4 heteroatoms. The van der Waals surface area contributed by atoms with E-state index in [1.807, 2.05) is 12.1 Å². The molecule has 0 aromatic heterocycles. The fourth-order valence-electron chi connectivity index (χ4n) is 2.32. The van der Waals surface area contributed by atoms with E-state index in [1.54, 1.807) is 19.4 Å². The highest BCUT2D eigenvalue weighted by Crippen LogP contribution is 2.41. The summed E-state index contributed by atoms with van der Waals surface area (Å²) in [5.41, 5.74) is 2.65. The van der Waals surface area contributed by atoms with Crippen molar-refractivity contribution in [2.24, 2.45) is 4.99 Å². The molecule has 0 atom stereocenters. The Morgan fingerprint density at radius 2 is 2.28 bits per heavy atom. The average molecular weight is 243 g/mol. The summed E-state index contributed by atoms with van der Waals surface area (Å²) in [5, 5.41) is 0. The molecular weight excluding hydrogens is 230 g/mol. The monoisotopic (exact) mass is 243 g/mol. The maximum absolute atomic E-state index is 11.7. The van der Waals surface area contributed by atoms with Gasteiger partial charge in [-0.25, -0.2) is 0 Å².